The number of hydrogen-bond acceptors (Lipinski definition) is 3. The molecule has 0 saturated carbocycles. The van der Waals surface area contributed by atoms with Crippen LogP contribution in [0.4, 0.5) is 17.1 Å². The summed E-state index contributed by atoms with van der Waals surface area (Å²) in [5.74, 6) is 0. The second-order valence-corrected chi connectivity index (χ2v) is 14.7. The molecule has 9 aromatic carbocycles. The van der Waals surface area contributed by atoms with Crippen LogP contribution >= 0.6 is 11.3 Å². The minimum atomic E-state index is 0.878. The van der Waals surface area contributed by atoms with Gasteiger partial charge in [-0.2, -0.15) is 0 Å². The van der Waals surface area contributed by atoms with Crippen molar-refractivity contribution in [3.05, 3.63) is 188 Å². The topological polar surface area (TPSA) is 16.4 Å². The molecule has 2 heterocycles. The van der Waals surface area contributed by atoms with Gasteiger partial charge in [0.05, 0.1) is 16.8 Å². The molecule has 0 aliphatic carbocycles. The van der Waals surface area contributed by atoms with Crippen LogP contribution in [0.2, 0.25) is 0 Å². The average Bonchev–Trinajstić information content (AvgIpc) is 3.81. The molecule has 53 heavy (non-hydrogen) atoms. The molecule has 0 atom stereocenters. The highest BCUT2D eigenvalue weighted by atomic mass is 32.1. The summed E-state index contributed by atoms with van der Waals surface area (Å²) in [5, 5.41) is 9.57. The molecule has 11 rings (SSSR count). The van der Waals surface area contributed by atoms with Crippen molar-refractivity contribution in [3.63, 3.8) is 0 Å². The van der Waals surface area contributed by atoms with E-state index in [1.165, 1.54) is 58.6 Å². The lowest BCUT2D eigenvalue weighted by Crippen LogP contribution is -2.10. The summed E-state index contributed by atoms with van der Waals surface area (Å²) < 4.78 is 9.25. The Bertz CT molecular complexity index is 3180. The summed E-state index contributed by atoms with van der Waals surface area (Å²) in [6.45, 7) is 0. The second-order valence-electron chi connectivity index (χ2n) is 13.7. The molecule has 0 N–H and O–H groups in total. The van der Waals surface area contributed by atoms with Gasteiger partial charge in [-0.25, -0.2) is 0 Å². The van der Waals surface area contributed by atoms with Crippen molar-refractivity contribution in [1.29, 1.82) is 0 Å². The first kappa shape index (κ1) is 30.0. The molecule has 2 nitrogen and oxygen atoms in total. The SMILES string of the molecule is c1cc(-c2ccc(N(c3cccc4oc5c6ccccc6ccc5c34)c3cccc4sc5ccccc5c34)cc2)cc(-c2cccc3ccccc23)c1. The zero-order chi connectivity index (χ0) is 34.9. The molecular weight excluding hydrogens is 663 g/mol. The number of thiophene rings is 1. The number of fused-ring (bicyclic) bond motifs is 9. The van der Waals surface area contributed by atoms with Crippen LogP contribution in [0.1, 0.15) is 0 Å². The first-order valence-corrected chi connectivity index (χ1v) is 18.8. The first-order valence-electron chi connectivity index (χ1n) is 18.0. The van der Waals surface area contributed by atoms with E-state index < -0.39 is 0 Å². The third-order valence-corrected chi connectivity index (χ3v) is 11.8. The molecule has 3 heteroatoms. The van der Waals surface area contributed by atoms with Gasteiger partial charge < -0.3 is 9.32 Å². The van der Waals surface area contributed by atoms with Crippen molar-refractivity contribution in [2.75, 3.05) is 4.90 Å². The maximum Gasteiger partial charge on any atom is 0.143 e. The number of nitrogens with zero attached hydrogens (tertiary/aromatic N) is 1. The fourth-order valence-electron chi connectivity index (χ4n) is 8.22. The molecule has 2 aromatic heterocycles. The Morgan fingerprint density at radius 3 is 1.91 bits per heavy atom. The summed E-state index contributed by atoms with van der Waals surface area (Å²) in [6, 6.07) is 67.9. The van der Waals surface area contributed by atoms with E-state index in [1.54, 1.807) is 0 Å². The standard InChI is InChI=1S/C50H31NOS/c1-3-16-38-33(11-1)13-8-19-39(38)36-15-7-14-35(31-36)32-25-28-37(29-26-32)51(44-21-10-24-47-49(44)41-18-5-6-23-46(41)53-47)43-20-9-22-45-48(43)42-30-27-34-12-2-4-17-40(34)50(42)52-45/h1-31H. The predicted octanol–water partition coefficient (Wildman–Crippen LogP) is 15.1. The van der Waals surface area contributed by atoms with E-state index in [4.69, 9.17) is 4.42 Å². The molecule has 0 unspecified atom stereocenters. The molecule has 0 radical (unpaired) electrons. The van der Waals surface area contributed by atoms with Crippen LogP contribution in [0.5, 0.6) is 0 Å². The largest absolute Gasteiger partial charge is 0.455 e. The molecule has 11 aromatic rings. The van der Waals surface area contributed by atoms with Crippen molar-refractivity contribution in [1.82, 2.24) is 0 Å². The van der Waals surface area contributed by atoms with Crippen LogP contribution in [0, 0.1) is 0 Å². The van der Waals surface area contributed by atoms with Gasteiger partial charge in [0.2, 0.25) is 0 Å². The van der Waals surface area contributed by atoms with Crippen molar-refractivity contribution < 1.29 is 4.42 Å². The minimum Gasteiger partial charge on any atom is -0.455 e. The van der Waals surface area contributed by atoms with Crippen molar-refractivity contribution >= 4 is 92.1 Å². The highest BCUT2D eigenvalue weighted by Gasteiger charge is 2.23. The Kier molecular flexibility index (Phi) is 6.76. The lowest BCUT2D eigenvalue weighted by atomic mass is 9.95. The van der Waals surface area contributed by atoms with E-state index in [-0.39, 0.29) is 0 Å². The average molecular weight is 694 g/mol. The Balaban J connectivity index is 1.11. The smallest absolute Gasteiger partial charge is 0.143 e. The van der Waals surface area contributed by atoms with E-state index in [0.717, 1.165) is 44.4 Å². The molecular formula is C50H31NOS. The molecule has 0 spiro atoms. The maximum absolute atomic E-state index is 6.70. The molecule has 0 saturated heterocycles. The summed E-state index contributed by atoms with van der Waals surface area (Å²) in [5.41, 5.74) is 9.95. The molecule has 0 aliphatic heterocycles. The van der Waals surface area contributed by atoms with E-state index in [1.807, 2.05) is 11.3 Å². The van der Waals surface area contributed by atoms with E-state index in [9.17, 15) is 0 Å². The number of benzene rings is 9. The Morgan fingerprint density at radius 2 is 1.04 bits per heavy atom. The van der Waals surface area contributed by atoms with Gasteiger partial charge in [-0.15, -0.1) is 11.3 Å². The lowest BCUT2D eigenvalue weighted by Gasteiger charge is -2.27. The van der Waals surface area contributed by atoms with Crippen LogP contribution in [0.15, 0.2) is 192 Å². The van der Waals surface area contributed by atoms with E-state index in [0.29, 0.717) is 0 Å². The van der Waals surface area contributed by atoms with Crippen molar-refractivity contribution in [2.45, 2.75) is 0 Å². The zero-order valence-corrected chi connectivity index (χ0v) is 29.5. The van der Waals surface area contributed by atoms with Crippen LogP contribution in [0.3, 0.4) is 0 Å². The quantitative estimate of drug-likeness (QED) is 0.178. The number of hydrogen-bond donors (Lipinski definition) is 0. The molecule has 248 valence electrons. The van der Waals surface area contributed by atoms with Crippen LogP contribution < -0.4 is 4.90 Å². The van der Waals surface area contributed by atoms with Gasteiger partial charge in [0.1, 0.15) is 11.2 Å². The number of rotatable bonds is 5. The summed E-state index contributed by atoms with van der Waals surface area (Å²) in [6.07, 6.45) is 0. The first-order chi connectivity index (χ1) is 26.3. The fraction of sp³-hybridized carbons (Fsp3) is 0. The summed E-state index contributed by atoms with van der Waals surface area (Å²) in [7, 11) is 0. The minimum absolute atomic E-state index is 0.878. The van der Waals surface area contributed by atoms with E-state index >= 15 is 0 Å². The summed E-state index contributed by atoms with van der Waals surface area (Å²) in [4.78, 5) is 2.43. The highest BCUT2D eigenvalue weighted by molar-refractivity contribution is 7.26. The predicted molar refractivity (Wildman–Crippen MR) is 227 cm³/mol. The van der Waals surface area contributed by atoms with Crippen LogP contribution in [0.25, 0.3) is 85.9 Å². The number of furan rings is 1. The van der Waals surface area contributed by atoms with Gasteiger partial charge in [0.25, 0.3) is 0 Å². The fourth-order valence-corrected chi connectivity index (χ4v) is 9.34. The van der Waals surface area contributed by atoms with Gasteiger partial charge in [0, 0.05) is 36.6 Å². The van der Waals surface area contributed by atoms with Crippen molar-refractivity contribution in [2.24, 2.45) is 0 Å². The lowest BCUT2D eigenvalue weighted by molar-refractivity contribution is 0.672. The Hall–Kier alpha value is -6.68. The third-order valence-electron chi connectivity index (χ3n) is 10.6. The summed E-state index contributed by atoms with van der Waals surface area (Å²) >= 11 is 1.85. The maximum atomic E-state index is 6.70. The molecule has 0 amide bonds. The monoisotopic (exact) mass is 693 g/mol. The van der Waals surface area contributed by atoms with Gasteiger partial charge in [-0.1, -0.05) is 133 Å². The van der Waals surface area contributed by atoms with Gasteiger partial charge in [-0.3, -0.25) is 0 Å². The zero-order valence-electron chi connectivity index (χ0n) is 28.7. The Morgan fingerprint density at radius 1 is 0.396 bits per heavy atom. The van der Waals surface area contributed by atoms with Crippen molar-refractivity contribution in [3.8, 4) is 22.3 Å². The Labute approximate surface area is 310 Å². The molecule has 0 bridgehead atoms. The number of anilines is 3. The molecule has 0 fully saturated rings. The second kappa shape index (κ2) is 11.9. The normalized spacial score (nSPS) is 11.8. The van der Waals surface area contributed by atoms with Gasteiger partial charge in [0.15, 0.2) is 0 Å². The highest BCUT2D eigenvalue weighted by Crippen LogP contribution is 2.48. The third kappa shape index (κ3) is 4.78. The molecule has 0 aliphatic rings. The van der Waals surface area contributed by atoms with Gasteiger partial charge in [-0.05, 0) is 93.0 Å². The van der Waals surface area contributed by atoms with Gasteiger partial charge >= 0.3 is 0 Å². The van der Waals surface area contributed by atoms with Crippen LogP contribution in [-0.4, -0.2) is 0 Å². The van der Waals surface area contributed by atoms with Crippen LogP contribution in [-0.2, 0) is 0 Å². The van der Waals surface area contributed by atoms with E-state index in [2.05, 4.69) is 193 Å².